The highest BCUT2D eigenvalue weighted by atomic mass is 16.7. The van der Waals surface area contributed by atoms with Gasteiger partial charge in [0, 0.05) is 6.42 Å². The van der Waals surface area contributed by atoms with Crippen LogP contribution in [0.15, 0.2) is 11.7 Å². The SMILES string of the molecule is CCCCCOCO/C(OCCC)=C(/CCC)OCCC. The van der Waals surface area contributed by atoms with Crippen LogP contribution in [-0.4, -0.2) is 26.6 Å². The molecule has 0 aromatic carbocycles. The number of rotatable bonds is 15. The Hall–Kier alpha value is -0.900. The van der Waals surface area contributed by atoms with Gasteiger partial charge in [-0.25, -0.2) is 0 Å². The minimum Gasteiger partial charge on any atom is -0.491 e. The van der Waals surface area contributed by atoms with Gasteiger partial charge in [0.25, 0.3) is 0 Å². The first-order valence-corrected chi connectivity index (χ1v) is 8.49. The minimum atomic E-state index is 0.228. The Labute approximate surface area is 130 Å². The zero-order chi connectivity index (χ0) is 15.8. The van der Waals surface area contributed by atoms with Gasteiger partial charge >= 0.3 is 5.95 Å². The predicted octanol–water partition coefficient (Wildman–Crippen LogP) is 4.99. The molecule has 0 fully saturated rings. The van der Waals surface area contributed by atoms with Crippen LogP contribution in [0.5, 0.6) is 0 Å². The molecule has 0 aromatic heterocycles. The van der Waals surface area contributed by atoms with Gasteiger partial charge in [0.2, 0.25) is 0 Å². The summed E-state index contributed by atoms with van der Waals surface area (Å²) in [4.78, 5) is 0. The first-order chi connectivity index (χ1) is 10.3. The maximum atomic E-state index is 5.76. The Morgan fingerprint density at radius 3 is 2.00 bits per heavy atom. The second kappa shape index (κ2) is 15.5. The number of unbranched alkanes of at least 4 members (excludes halogenated alkanes) is 2. The van der Waals surface area contributed by atoms with Crippen LogP contribution in [-0.2, 0) is 18.9 Å². The highest BCUT2D eigenvalue weighted by Gasteiger charge is 2.11. The summed E-state index contributed by atoms with van der Waals surface area (Å²) in [5, 5.41) is 0. The molecule has 126 valence electrons. The average molecular weight is 302 g/mol. The fraction of sp³-hybridized carbons (Fsp3) is 0.882. The quantitative estimate of drug-likeness (QED) is 0.242. The second-order valence-electron chi connectivity index (χ2n) is 5.04. The fourth-order valence-corrected chi connectivity index (χ4v) is 1.69. The second-order valence-corrected chi connectivity index (χ2v) is 5.04. The maximum Gasteiger partial charge on any atom is 0.321 e. The zero-order valence-corrected chi connectivity index (χ0v) is 14.4. The summed E-state index contributed by atoms with van der Waals surface area (Å²) in [7, 11) is 0. The minimum absolute atomic E-state index is 0.228. The molecule has 4 heteroatoms. The van der Waals surface area contributed by atoms with Crippen LogP contribution in [0, 0.1) is 0 Å². The third kappa shape index (κ3) is 11.4. The summed E-state index contributed by atoms with van der Waals surface area (Å²) in [6.07, 6.45) is 7.20. The van der Waals surface area contributed by atoms with Gasteiger partial charge in [0.15, 0.2) is 12.6 Å². The van der Waals surface area contributed by atoms with Crippen LogP contribution >= 0.6 is 0 Å². The number of ether oxygens (including phenoxy) is 4. The zero-order valence-electron chi connectivity index (χ0n) is 14.4. The van der Waals surface area contributed by atoms with Crippen molar-refractivity contribution >= 4 is 0 Å². The average Bonchev–Trinajstić information content (AvgIpc) is 2.50. The van der Waals surface area contributed by atoms with E-state index in [0.29, 0.717) is 19.2 Å². The van der Waals surface area contributed by atoms with Gasteiger partial charge in [0.05, 0.1) is 19.8 Å². The summed E-state index contributed by atoms with van der Waals surface area (Å²) in [5.41, 5.74) is 0. The molecule has 0 heterocycles. The smallest absolute Gasteiger partial charge is 0.321 e. The molecule has 0 saturated heterocycles. The lowest BCUT2D eigenvalue weighted by molar-refractivity contribution is -0.0840. The predicted molar refractivity (Wildman–Crippen MR) is 85.8 cm³/mol. The molecular weight excluding hydrogens is 268 g/mol. The van der Waals surface area contributed by atoms with E-state index in [4.69, 9.17) is 18.9 Å². The van der Waals surface area contributed by atoms with Gasteiger partial charge < -0.3 is 18.9 Å². The van der Waals surface area contributed by atoms with Gasteiger partial charge in [-0.2, -0.15) is 0 Å². The third-order valence-electron chi connectivity index (χ3n) is 2.79. The standard InChI is InChI=1S/C17H34O4/c1-5-9-10-14-18-15-21-17(20-13-8-4)16(11-6-2)19-12-7-3/h5-15H2,1-4H3/b17-16-. The molecule has 0 aliphatic heterocycles. The first kappa shape index (κ1) is 20.1. The van der Waals surface area contributed by atoms with Crippen molar-refractivity contribution in [1.82, 2.24) is 0 Å². The van der Waals surface area contributed by atoms with E-state index in [1.165, 1.54) is 12.8 Å². The lowest BCUT2D eigenvalue weighted by atomic mass is 10.3. The molecule has 0 saturated carbocycles. The topological polar surface area (TPSA) is 36.9 Å². The fourth-order valence-electron chi connectivity index (χ4n) is 1.69. The van der Waals surface area contributed by atoms with Crippen molar-refractivity contribution in [2.24, 2.45) is 0 Å². The molecule has 0 aromatic rings. The lowest BCUT2D eigenvalue weighted by Crippen LogP contribution is -2.10. The van der Waals surface area contributed by atoms with Gasteiger partial charge in [0.1, 0.15) is 0 Å². The van der Waals surface area contributed by atoms with Gasteiger partial charge in [-0.15, -0.1) is 0 Å². The summed E-state index contributed by atoms with van der Waals surface area (Å²) < 4.78 is 22.6. The van der Waals surface area contributed by atoms with Crippen LogP contribution in [0.1, 0.15) is 72.6 Å². The molecule has 0 atom stereocenters. The normalized spacial score (nSPS) is 12.0. The molecule has 0 aliphatic rings. The Bertz CT molecular complexity index is 251. The largest absolute Gasteiger partial charge is 0.491 e. The summed E-state index contributed by atoms with van der Waals surface area (Å²) in [6.45, 7) is 10.7. The van der Waals surface area contributed by atoms with Crippen LogP contribution < -0.4 is 0 Å². The van der Waals surface area contributed by atoms with E-state index < -0.39 is 0 Å². The highest BCUT2D eigenvalue weighted by molar-refractivity contribution is 4.95. The van der Waals surface area contributed by atoms with Crippen molar-refractivity contribution in [3.63, 3.8) is 0 Å². The number of hydrogen-bond donors (Lipinski definition) is 0. The van der Waals surface area contributed by atoms with E-state index in [1.807, 2.05) is 0 Å². The number of hydrogen-bond acceptors (Lipinski definition) is 4. The van der Waals surface area contributed by atoms with E-state index in [2.05, 4.69) is 27.7 Å². The molecule has 4 nitrogen and oxygen atoms in total. The van der Waals surface area contributed by atoms with Gasteiger partial charge in [-0.05, 0) is 25.7 Å². The van der Waals surface area contributed by atoms with Crippen molar-refractivity contribution in [2.75, 3.05) is 26.6 Å². The molecule has 0 unspecified atom stereocenters. The molecule has 0 amide bonds. The summed E-state index contributed by atoms with van der Waals surface area (Å²) in [5.74, 6) is 1.31. The van der Waals surface area contributed by atoms with E-state index in [9.17, 15) is 0 Å². The maximum absolute atomic E-state index is 5.76. The Morgan fingerprint density at radius 2 is 1.38 bits per heavy atom. The van der Waals surface area contributed by atoms with Crippen molar-refractivity contribution in [3.8, 4) is 0 Å². The van der Waals surface area contributed by atoms with E-state index in [1.54, 1.807) is 0 Å². The highest BCUT2D eigenvalue weighted by Crippen LogP contribution is 2.16. The van der Waals surface area contributed by atoms with Gasteiger partial charge in [-0.1, -0.05) is 40.5 Å². The van der Waals surface area contributed by atoms with Crippen LogP contribution in [0.2, 0.25) is 0 Å². The number of allylic oxidation sites excluding steroid dienone is 1. The monoisotopic (exact) mass is 302 g/mol. The van der Waals surface area contributed by atoms with Crippen molar-refractivity contribution < 1.29 is 18.9 Å². The Kier molecular flexibility index (Phi) is 14.8. The van der Waals surface area contributed by atoms with Crippen molar-refractivity contribution in [2.45, 2.75) is 72.6 Å². The van der Waals surface area contributed by atoms with Gasteiger partial charge in [-0.3, -0.25) is 0 Å². The Morgan fingerprint density at radius 1 is 0.667 bits per heavy atom. The molecule has 21 heavy (non-hydrogen) atoms. The summed E-state index contributed by atoms with van der Waals surface area (Å²) in [6, 6.07) is 0. The van der Waals surface area contributed by atoms with Crippen molar-refractivity contribution in [1.29, 1.82) is 0 Å². The Balaban J connectivity index is 4.34. The molecule has 0 spiro atoms. The molecular formula is C17H34O4. The van der Waals surface area contributed by atoms with Crippen LogP contribution in [0.25, 0.3) is 0 Å². The lowest BCUT2D eigenvalue weighted by Gasteiger charge is -2.17. The molecule has 0 radical (unpaired) electrons. The molecule has 0 N–H and O–H groups in total. The molecule has 0 aliphatic carbocycles. The van der Waals surface area contributed by atoms with Crippen LogP contribution in [0.3, 0.4) is 0 Å². The van der Waals surface area contributed by atoms with E-state index in [0.717, 1.165) is 44.5 Å². The third-order valence-corrected chi connectivity index (χ3v) is 2.79. The summed E-state index contributed by atoms with van der Waals surface area (Å²) >= 11 is 0. The first-order valence-electron chi connectivity index (χ1n) is 8.49. The molecule has 0 bridgehead atoms. The van der Waals surface area contributed by atoms with Crippen LogP contribution in [0.4, 0.5) is 0 Å². The van der Waals surface area contributed by atoms with E-state index >= 15 is 0 Å². The van der Waals surface area contributed by atoms with E-state index in [-0.39, 0.29) is 6.79 Å². The molecule has 0 rings (SSSR count). The van der Waals surface area contributed by atoms with Crippen molar-refractivity contribution in [3.05, 3.63) is 11.7 Å².